The minimum absolute atomic E-state index is 0.0321. The normalized spacial score (nSPS) is 46.6. The van der Waals surface area contributed by atoms with Crippen LogP contribution in [-0.4, -0.2) is 170 Å². The van der Waals surface area contributed by atoms with Crippen LogP contribution in [0.1, 0.15) is 168 Å². The monoisotopic (exact) mass is 1120 g/mol. The van der Waals surface area contributed by atoms with E-state index < -0.39 is 78.7 Å². The Morgan fingerprint density at radius 3 is 2.40 bits per heavy atom. The Morgan fingerprint density at radius 2 is 1.57 bits per heavy atom. The zero-order valence-electron chi connectivity index (χ0n) is 47.7. The van der Waals surface area contributed by atoms with Crippen LogP contribution in [0.2, 0.25) is 0 Å². The lowest BCUT2D eigenvalue weighted by Gasteiger charge is -2.49. The number of esters is 1. The van der Waals surface area contributed by atoms with Crippen LogP contribution < -0.4 is 5.73 Å². The highest BCUT2D eigenvalue weighted by Crippen LogP contribution is 2.59. The Balaban J connectivity index is 0.756. The number of Topliss-reactive ketones (excluding diaryl/α,β-unsaturated/α-hetero) is 1. The van der Waals surface area contributed by atoms with Gasteiger partial charge in [-0.05, 0) is 100 Å². The maximum atomic E-state index is 14.6. The second kappa shape index (κ2) is 24.9. The van der Waals surface area contributed by atoms with Crippen LogP contribution in [0, 0.1) is 11.8 Å². The van der Waals surface area contributed by atoms with Crippen LogP contribution >= 0.6 is 0 Å². The molecule has 12 saturated heterocycles. The number of hydrogen-bond donors (Lipinski definition) is 2. The first-order chi connectivity index (χ1) is 38.7. The minimum Gasteiger partial charge on any atom is -0.459 e. The number of ether oxygens (including phenoxy) is 13. The third-order valence-corrected chi connectivity index (χ3v) is 20.3. The van der Waals surface area contributed by atoms with Gasteiger partial charge < -0.3 is 72.4 Å². The molecule has 12 heterocycles. The molecule has 0 aromatic rings. The third-order valence-electron chi connectivity index (χ3n) is 20.3. The molecule has 0 aromatic carbocycles. The first kappa shape index (κ1) is 57.9. The summed E-state index contributed by atoms with van der Waals surface area (Å²) in [7, 11) is 0. The summed E-state index contributed by atoms with van der Waals surface area (Å²) >= 11 is 0. The number of nitrogens with two attached hydrogens (primary N) is 1. The molecule has 0 aromatic heterocycles. The molecule has 0 amide bonds. The Hall–Kier alpha value is -2.46. The Bertz CT molecular complexity index is 2240. The first-order valence-corrected chi connectivity index (χ1v) is 31.4. The van der Waals surface area contributed by atoms with Crippen molar-refractivity contribution in [3.63, 3.8) is 0 Å². The van der Waals surface area contributed by atoms with Gasteiger partial charge in [0, 0.05) is 57.6 Å². The van der Waals surface area contributed by atoms with Gasteiger partial charge in [-0.2, -0.15) is 0 Å². The summed E-state index contributed by atoms with van der Waals surface area (Å²) in [6.45, 7) is 18.4. The van der Waals surface area contributed by atoms with Gasteiger partial charge in [0.05, 0.1) is 105 Å². The van der Waals surface area contributed by atoms with Crippen molar-refractivity contribution >= 4 is 11.8 Å². The topological polar surface area (TPSA) is 200 Å². The fourth-order valence-corrected chi connectivity index (χ4v) is 16.1. The molecule has 1 spiro atoms. The quantitative estimate of drug-likeness (QED) is 0.0906. The van der Waals surface area contributed by atoms with E-state index in [1.165, 1.54) is 6.42 Å². The summed E-state index contributed by atoms with van der Waals surface area (Å²) in [6, 6.07) is -0.284. The van der Waals surface area contributed by atoms with Crippen molar-refractivity contribution in [3.05, 3.63) is 49.1 Å². The lowest BCUT2D eigenvalue weighted by Crippen LogP contribution is -2.62. The summed E-state index contributed by atoms with van der Waals surface area (Å²) in [5, 5.41) is 11.6. The molecule has 13 aliphatic rings. The van der Waals surface area contributed by atoms with Gasteiger partial charge >= 0.3 is 5.97 Å². The van der Waals surface area contributed by atoms with E-state index in [2.05, 4.69) is 33.6 Å². The fraction of sp³-hybridized carbons (Fsp3) is 0.841. The molecular weight excluding hydrogens is 1030 g/mol. The summed E-state index contributed by atoms with van der Waals surface area (Å²) in [6.07, 6.45) is 14.8. The highest BCUT2D eigenvalue weighted by molar-refractivity contribution is 5.79. The molecule has 0 radical (unpaired) electrons. The van der Waals surface area contributed by atoms with E-state index in [9.17, 15) is 14.7 Å². The number of allylic oxidation sites excluding steroid dienone is 1. The van der Waals surface area contributed by atoms with E-state index in [4.69, 9.17) is 67.3 Å². The Morgan fingerprint density at radius 1 is 0.787 bits per heavy atom. The maximum Gasteiger partial charge on any atom is 0.308 e. The van der Waals surface area contributed by atoms with Crippen LogP contribution in [0.15, 0.2) is 49.1 Å². The predicted octanol–water partition coefficient (Wildman–Crippen LogP) is 8.03. The van der Waals surface area contributed by atoms with Gasteiger partial charge in [-0.3, -0.25) is 9.59 Å². The van der Waals surface area contributed by atoms with Crippen molar-refractivity contribution in [1.82, 2.24) is 0 Å². The predicted molar refractivity (Wildman–Crippen MR) is 292 cm³/mol. The molecule has 3 N–H and O–H groups in total. The molecule has 13 rings (SSSR count). The zero-order chi connectivity index (χ0) is 55.3. The van der Waals surface area contributed by atoms with Gasteiger partial charge in [0.1, 0.15) is 42.4 Å². The fourth-order valence-electron chi connectivity index (χ4n) is 16.1. The maximum absolute atomic E-state index is 14.6. The molecule has 12 aliphatic heterocycles. The van der Waals surface area contributed by atoms with Crippen LogP contribution in [-0.2, 0) is 71.2 Å². The molecule has 13 fully saturated rings. The van der Waals surface area contributed by atoms with E-state index in [0.29, 0.717) is 96.0 Å². The van der Waals surface area contributed by atoms with Crippen LogP contribution in [0.4, 0.5) is 0 Å². The SMILES string of the molecule is C=CCO[C@]12C[C@]34CCC5CC(=C)[C@H](CCC6C[C@@H](C)C(=C)C(C[C@@H]7O[C@H]8C[C@@H](OC9CCCCC9)[C@@H](CC(O)/C=C/CCCC(=O)C[C@H](N)[C@@H]9OCCC9C)O[C@H]8C[C@H]7OC(=O)C[C@H]7CC[C@@H]8O[C@H]([C@@H](O1)[C@@H](O3)[C@H]8O7)[C@H]2O4)O6)O5. The number of unbranched alkanes of at least 4 members (excludes halogenated alkanes) is 1. The summed E-state index contributed by atoms with van der Waals surface area (Å²) in [4.78, 5) is 27.4. The van der Waals surface area contributed by atoms with Gasteiger partial charge in [-0.15, -0.1) is 6.58 Å². The average molecular weight is 1120 g/mol. The minimum atomic E-state index is -1.06. The molecule has 1 aliphatic carbocycles. The van der Waals surface area contributed by atoms with Crippen molar-refractivity contribution < 1.29 is 76.3 Å². The highest BCUT2D eigenvalue weighted by atomic mass is 16.8. The van der Waals surface area contributed by atoms with Crippen molar-refractivity contribution in [3.8, 4) is 0 Å². The van der Waals surface area contributed by atoms with Crippen LogP contribution in [0.3, 0.4) is 0 Å². The average Bonchev–Trinajstić information content (AvgIpc) is 4.11. The molecule has 12 bridgehead atoms. The summed E-state index contributed by atoms with van der Waals surface area (Å²) < 4.78 is 88.8. The highest BCUT2D eigenvalue weighted by Gasteiger charge is 2.75. The van der Waals surface area contributed by atoms with E-state index in [1.807, 2.05) is 12.2 Å². The van der Waals surface area contributed by atoms with Crippen molar-refractivity contribution in [2.45, 2.75) is 308 Å². The first-order valence-electron chi connectivity index (χ1n) is 31.4. The number of carbonyl (C=O) groups excluding carboxylic acids is 2. The summed E-state index contributed by atoms with van der Waals surface area (Å²) in [5.41, 5.74) is 8.49. The lowest BCUT2D eigenvalue weighted by molar-refractivity contribution is -0.304. The molecule has 1 saturated carbocycles. The third kappa shape index (κ3) is 12.5. The second-order valence-corrected chi connectivity index (χ2v) is 26.3. The van der Waals surface area contributed by atoms with Gasteiger partial charge in [0.15, 0.2) is 5.79 Å². The van der Waals surface area contributed by atoms with Gasteiger partial charge in [-0.1, -0.05) is 64.5 Å². The zero-order valence-corrected chi connectivity index (χ0v) is 47.7. The van der Waals surface area contributed by atoms with Crippen molar-refractivity contribution in [1.29, 1.82) is 0 Å². The van der Waals surface area contributed by atoms with Gasteiger partial charge in [-0.25, -0.2) is 0 Å². The molecule has 24 atom stereocenters. The standard InChI is InChI=1S/C63H93NO16/c1-6-24-69-63-34-62-23-21-44-27-37(4)46(71-44)19-17-42-26-36(3)38(5)48(72-42)31-51-54(76-55(67)30-43-18-20-47-57(73-43)58(78-62)59(79-63)60(77-47)61(63)80-62)33-53-52(75-51)32-50(70-41-15-11-8-12-16-41)49(74-53)29-40(66)14-10-7-9-13-39(65)28-45(64)56-35(2)22-25-68-56/h6,10,14,35-36,40-54,56-61,66H,1,4-5,7-9,11-13,15-34,64H2,2-3H3/b14-10+/t35?,36-,40?,42?,43-,44?,45+,46+,47+,48?,49-,50-,51+,52+,53+,54-,56-,57+,58+,59+,60-,61-,62-,63-/m1/s1. The van der Waals surface area contributed by atoms with E-state index in [1.54, 1.807) is 6.08 Å². The number of rotatable bonds is 15. The largest absolute Gasteiger partial charge is 0.459 e. The van der Waals surface area contributed by atoms with E-state index in [0.717, 1.165) is 68.9 Å². The molecule has 17 nitrogen and oxygen atoms in total. The Labute approximate surface area is 473 Å². The molecule has 5 unspecified atom stereocenters. The number of hydrogen-bond acceptors (Lipinski definition) is 17. The smallest absolute Gasteiger partial charge is 0.308 e. The van der Waals surface area contributed by atoms with Crippen molar-refractivity contribution in [2.75, 3.05) is 13.2 Å². The van der Waals surface area contributed by atoms with Crippen LogP contribution in [0.25, 0.3) is 0 Å². The lowest BCUT2D eigenvalue weighted by atomic mass is 9.82. The molecule has 17 heteroatoms. The van der Waals surface area contributed by atoms with Crippen LogP contribution in [0.5, 0.6) is 0 Å². The number of aliphatic hydroxyl groups excluding tert-OH is 1. The number of carbonyl (C=O) groups is 2. The number of ketones is 1. The Kier molecular flexibility index (Phi) is 18.0. The number of aliphatic hydroxyl groups is 1. The number of fused-ring (bicyclic) bond motifs is 7. The van der Waals surface area contributed by atoms with Gasteiger partial charge in [0.2, 0.25) is 5.79 Å². The van der Waals surface area contributed by atoms with E-state index in [-0.39, 0.29) is 91.7 Å². The second-order valence-electron chi connectivity index (χ2n) is 26.3. The van der Waals surface area contributed by atoms with E-state index >= 15 is 0 Å². The molecular formula is C63H93NO16. The van der Waals surface area contributed by atoms with Crippen molar-refractivity contribution in [2.24, 2.45) is 17.6 Å². The summed E-state index contributed by atoms with van der Waals surface area (Å²) in [5.74, 6) is -1.75. The molecule has 80 heavy (non-hydrogen) atoms. The van der Waals surface area contributed by atoms with Gasteiger partial charge in [0.25, 0.3) is 0 Å². The molecule has 446 valence electrons.